The van der Waals surface area contributed by atoms with Gasteiger partial charge in [0, 0.05) is 30.5 Å². The highest BCUT2D eigenvalue weighted by molar-refractivity contribution is 5.19. The summed E-state index contributed by atoms with van der Waals surface area (Å²) in [5.74, 6) is -0.182. The highest BCUT2D eigenvalue weighted by Crippen LogP contribution is 2.31. The lowest BCUT2D eigenvalue weighted by atomic mass is 10.1. The van der Waals surface area contributed by atoms with Crippen LogP contribution in [0.5, 0.6) is 0 Å². The van der Waals surface area contributed by atoms with Gasteiger partial charge in [0.15, 0.2) is 0 Å². The fraction of sp³-hybridized carbons (Fsp3) is 0.438. The van der Waals surface area contributed by atoms with Crippen LogP contribution in [0.15, 0.2) is 43.0 Å². The van der Waals surface area contributed by atoms with Crippen molar-refractivity contribution in [1.29, 1.82) is 0 Å². The van der Waals surface area contributed by atoms with Gasteiger partial charge in [-0.2, -0.15) is 0 Å². The first kappa shape index (κ1) is 13.3. The lowest BCUT2D eigenvalue weighted by Crippen LogP contribution is -2.35. The summed E-state index contributed by atoms with van der Waals surface area (Å²) in [5.41, 5.74) is 1.13. The zero-order chi connectivity index (χ0) is 13.9. The summed E-state index contributed by atoms with van der Waals surface area (Å²) >= 11 is 0. The molecule has 2 aromatic rings. The van der Waals surface area contributed by atoms with E-state index in [1.165, 1.54) is 31.4 Å². The molecule has 1 aromatic heterocycles. The van der Waals surface area contributed by atoms with Crippen molar-refractivity contribution in [2.24, 2.45) is 0 Å². The molecule has 3 rings (SSSR count). The van der Waals surface area contributed by atoms with Gasteiger partial charge in [-0.25, -0.2) is 9.37 Å². The minimum Gasteiger partial charge on any atom is -0.333 e. The molecule has 1 heterocycles. The van der Waals surface area contributed by atoms with E-state index >= 15 is 0 Å². The lowest BCUT2D eigenvalue weighted by Gasteiger charge is -2.26. The van der Waals surface area contributed by atoms with Crippen molar-refractivity contribution < 1.29 is 4.39 Å². The average molecular weight is 273 g/mol. The van der Waals surface area contributed by atoms with Crippen LogP contribution in [0.2, 0.25) is 0 Å². The molecule has 20 heavy (non-hydrogen) atoms. The number of hydrogen-bond donors (Lipinski definition) is 1. The number of hydrogen-bond acceptors (Lipinski definition) is 2. The van der Waals surface area contributed by atoms with Crippen molar-refractivity contribution >= 4 is 0 Å². The molecule has 1 aliphatic carbocycles. The van der Waals surface area contributed by atoms with Gasteiger partial charge in [0.1, 0.15) is 5.82 Å². The monoisotopic (exact) mass is 273 g/mol. The Kier molecular flexibility index (Phi) is 3.83. The molecular formula is C16H20FN3. The van der Waals surface area contributed by atoms with Crippen molar-refractivity contribution in [2.45, 2.75) is 44.3 Å². The van der Waals surface area contributed by atoms with Crippen molar-refractivity contribution in [3.8, 4) is 0 Å². The second-order valence-corrected chi connectivity index (χ2v) is 5.55. The number of aromatic nitrogens is 2. The van der Waals surface area contributed by atoms with Crippen LogP contribution in [0.1, 0.15) is 43.8 Å². The van der Waals surface area contributed by atoms with Crippen LogP contribution in [0.25, 0.3) is 0 Å². The predicted octanol–water partition coefficient (Wildman–Crippen LogP) is 3.47. The molecule has 0 spiro atoms. The van der Waals surface area contributed by atoms with Crippen LogP contribution in [-0.4, -0.2) is 15.6 Å². The molecule has 3 atom stereocenters. The Labute approximate surface area is 118 Å². The number of rotatable bonds is 4. The van der Waals surface area contributed by atoms with E-state index in [0.717, 1.165) is 5.56 Å². The SMILES string of the molecule is CC(NC1CCCC1n1ccnc1)c1ccc(F)cc1. The quantitative estimate of drug-likeness (QED) is 0.924. The fourth-order valence-corrected chi connectivity index (χ4v) is 3.13. The summed E-state index contributed by atoms with van der Waals surface area (Å²) in [6.45, 7) is 2.14. The molecule has 1 aliphatic rings. The molecule has 1 N–H and O–H groups in total. The molecule has 4 heteroatoms. The van der Waals surface area contributed by atoms with Gasteiger partial charge in [0.2, 0.25) is 0 Å². The zero-order valence-electron chi connectivity index (χ0n) is 11.7. The van der Waals surface area contributed by atoms with Crippen molar-refractivity contribution in [1.82, 2.24) is 14.9 Å². The highest BCUT2D eigenvalue weighted by Gasteiger charge is 2.29. The Balaban J connectivity index is 1.68. The molecule has 0 bridgehead atoms. The molecular weight excluding hydrogens is 253 g/mol. The van der Waals surface area contributed by atoms with Crippen LogP contribution in [0.3, 0.4) is 0 Å². The van der Waals surface area contributed by atoms with Crippen molar-refractivity contribution in [3.05, 3.63) is 54.4 Å². The smallest absolute Gasteiger partial charge is 0.123 e. The van der Waals surface area contributed by atoms with Gasteiger partial charge in [-0.3, -0.25) is 0 Å². The zero-order valence-corrected chi connectivity index (χ0v) is 11.7. The summed E-state index contributed by atoms with van der Waals surface area (Å²) in [4.78, 5) is 4.14. The van der Waals surface area contributed by atoms with E-state index in [-0.39, 0.29) is 11.9 Å². The van der Waals surface area contributed by atoms with E-state index in [1.54, 1.807) is 0 Å². The Morgan fingerprint density at radius 3 is 2.80 bits per heavy atom. The van der Waals surface area contributed by atoms with Crippen molar-refractivity contribution in [2.75, 3.05) is 0 Å². The first-order chi connectivity index (χ1) is 9.74. The summed E-state index contributed by atoms with van der Waals surface area (Å²) in [6, 6.07) is 7.90. The van der Waals surface area contributed by atoms with Gasteiger partial charge in [0.05, 0.1) is 6.33 Å². The predicted molar refractivity (Wildman–Crippen MR) is 76.9 cm³/mol. The summed E-state index contributed by atoms with van der Waals surface area (Å²) < 4.78 is 15.2. The molecule has 1 fully saturated rings. The van der Waals surface area contributed by atoms with E-state index in [4.69, 9.17) is 0 Å². The second kappa shape index (κ2) is 5.75. The first-order valence-electron chi connectivity index (χ1n) is 7.23. The summed E-state index contributed by atoms with van der Waals surface area (Å²) in [5, 5.41) is 3.68. The molecule has 0 aliphatic heterocycles. The van der Waals surface area contributed by atoms with Gasteiger partial charge in [-0.05, 0) is 43.9 Å². The Morgan fingerprint density at radius 1 is 1.30 bits per heavy atom. The molecule has 1 aromatic carbocycles. The molecule has 3 nitrogen and oxygen atoms in total. The number of imidazole rings is 1. The Bertz CT molecular complexity index is 535. The van der Waals surface area contributed by atoms with E-state index in [1.807, 2.05) is 30.9 Å². The normalized spacial score (nSPS) is 23.9. The topological polar surface area (TPSA) is 29.9 Å². The third-order valence-electron chi connectivity index (χ3n) is 4.22. The van der Waals surface area contributed by atoms with Crippen LogP contribution >= 0.6 is 0 Å². The lowest BCUT2D eigenvalue weighted by molar-refractivity contribution is 0.362. The van der Waals surface area contributed by atoms with Gasteiger partial charge < -0.3 is 9.88 Å². The minimum absolute atomic E-state index is 0.182. The van der Waals surface area contributed by atoms with Gasteiger partial charge >= 0.3 is 0 Å². The van der Waals surface area contributed by atoms with Crippen LogP contribution in [0.4, 0.5) is 4.39 Å². The molecule has 0 radical (unpaired) electrons. The van der Waals surface area contributed by atoms with E-state index < -0.39 is 0 Å². The molecule has 3 unspecified atom stereocenters. The van der Waals surface area contributed by atoms with Crippen molar-refractivity contribution in [3.63, 3.8) is 0 Å². The third kappa shape index (κ3) is 2.75. The number of nitrogens with zero attached hydrogens (tertiary/aromatic N) is 2. The maximum Gasteiger partial charge on any atom is 0.123 e. The molecule has 1 saturated carbocycles. The maximum absolute atomic E-state index is 13.0. The maximum atomic E-state index is 13.0. The van der Waals surface area contributed by atoms with Crippen LogP contribution in [-0.2, 0) is 0 Å². The second-order valence-electron chi connectivity index (χ2n) is 5.55. The first-order valence-corrected chi connectivity index (χ1v) is 7.23. The number of halogens is 1. The fourth-order valence-electron chi connectivity index (χ4n) is 3.13. The van der Waals surface area contributed by atoms with E-state index in [9.17, 15) is 4.39 Å². The highest BCUT2D eigenvalue weighted by atomic mass is 19.1. The Hall–Kier alpha value is -1.68. The molecule has 0 amide bonds. The molecule has 106 valence electrons. The van der Waals surface area contributed by atoms with E-state index in [0.29, 0.717) is 12.1 Å². The van der Waals surface area contributed by atoms with Crippen LogP contribution < -0.4 is 5.32 Å². The number of nitrogens with one attached hydrogen (secondary N) is 1. The van der Waals surface area contributed by atoms with E-state index in [2.05, 4.69) is 21.8 Å². The standard InChI is InChI=1S/C16H20FN3/c1-12(13-5-7-14(17)8-6-13)19-15-3-2-4-16(15)20-10-9-18-11-20/h5-12,15-16,19H,2-4H2,1H3. The van der Waals surface area contributed by atoms with Crippen LogP contribution in [0, 0.1) is 5.82 Å². The minimum atomic E-state index is -0.182. The Morgan fingerprint density at radius 2 is 2.10 bits per heavy atom. The summed E-state index contributed by atoms with van der Waals surface area (Å²) in [6.07, 6.45) is 9.36. The third-order valence-corrected chi connectivity index (χ3v) is 4.22. The number of benzene rings is 1. The largest absolute Gasteiger partial charge is 0.333 e. The van der Waals surface area contributed by atoms with Gasteiger partial charge in [-0.15, -0.1) is 0 Å². The average Bonchev–Trinajstić information content (AvgIpc) is 3.09. The van der Waals surface area contributed by atoms with Gasteiger partial charge in [0.25, 0.3) is 0 Å². The summed E-state index contributed by atoms with van der Waals surface area (Å²) in [7, 11) is 0. The molecule has 0 saturated heterocycles. The van der Waals surface area contributed by atoms with Gasteiger partial charge in [-0.1, -0.05) is 12.1 Å².